The number of aromatic nitrogens is 1. The van der Waals surface area contributed by atoms with E-state index in [0.29, 0.717) is 0 Å². The zero-order valence-electron chi connectivity index (χ0n) is 12.6. The van der Waals surface area contributed by atoms with Crippen molar-refractivity contribution in [2.75, 3.05) is 5.73 Å². The molecule has 1 heterocycles. The van der Waals surface area contributed by atoms with Crippen molar-refractivity contribution in [3.05, 3.63) is 82.3 Å². The van der Waals surface area contributed by atoms with Gasteiger partial charge in [-0.2, -0.15) is 0 Å². The number of nitrogens with zero attached hydrogens (tertiary/aromatic N) is 1. The molecular weight excluding hydrogens is 353 g/mol. The van der Waals surface area contributed by atoms with E-state index in [1.54, 1.807) is 0 Å². The third-order valence-electron chi connectivity index (χ3n) is 3.61. The standard InChI is InChI=1S/C18H10ClF3N2O/c19-12-8-9(20)4-5-10(12)18(25)11-6-7-24-17(16(11)23)15-13(21)2-1-3-14(15)22/h1-8H,23H2. The van der Waals surface area contributed by atoms with E-state index in [0.717, 1.165) is 24.3 Å². The molecule has 0 fully saturated rings. The summed E-state index contributed by atoms with van der Waals surface area (Å²) in [6.45, 7) is 0. The SMILES string of the molecule is Nc1c(C(=O)c2ccc(F)cc2Cl)ccnc1-c1c(F)cccc1F. The fourth-order valence-electron chi connectivity index (χ4n) is 2.41. The van der Waals surface area contributed by atoms with Gasteiger partial charge in [0.15, 0.2) is 5.78 Å². The topological polar surface area (TPSA) is 56.0 Å². The van der Waals surface area contributed by atoms with Crippen LogP contribution in [0.15, 0.2) is 48.7 Å². The maximum Gasteiger partial charge on any atom is 0.196 e. The minimum Gasteiger partial charge on any atom is -0.396 e. The summed E-state index contributed by atoms with van der Waals surface area (Å²) >= 11 is 5.90. The van der Waals surface area contributed by atoms with E-state index in [4.69, 9.17) is 17.3 Å². The molecule has 0 atom stereocenters. The monoisotopic (exact) mass is 362 g/mol. The highest BCUT2D eigenvalue weighted by molar-refractivity contribution is 6.35. The summed E-state index contributed by atoms with van der Waals surface area (Å²) in [4.78, 5) is 16.5. The van der Waals surface area contributed by atoms with Crippen LogP contribution in [0.4, 0.5) is 18.9 Å². The van der Waals surface area contributed by atoms with Gasteiger partial charge >= 0.3 is 0 Å². The Morgan fingerprint density at radius 3 is 2.32 bits per heavy atom. The van der Waals surface area contributed by atoms with Gasteiger partial charge in [0.2, 0.25) is 0 Å². The maximum atomic E-state index is 14.0. The molecule has 7 heteroatoms. The number of halogens is 4. The minimum atomic E-state index is -0.858. The summed E-state index contributed by atoms with van der Waals surface area (Å²) < 4.78 is 41.1. The lowest BCUT2D eigenvalue weighted by Crippen LogP contribution is -2.09. The number of carbonyl (C=O) groups excluding carboxylic acids is 1. The molecule has 126 valence electrons. The van der Waals surface area contributed by atoms with Crippen molar-refractivity contribution in [1.82, 2.24) is 4.98 Å². The summed E-state index contributed by atoms with van der Waals surface area (Å²) in [7, 11) is 0. The molecule has 3 nitrogen and oxygen atoms in total. The zero-order valence-corrected chi connectivity index (χ0v) is 13.3. The first-order chi connectivity index (χ1) is 11.9. The lowest BCUT2D eigenvalue weighted by Gasteiger charge is -2.11. The Hall–Kier alpha value is -2.86. The second-order valence-electron chi connectivity index (χ2n) is 5.17. The number of nitrogen functional groups attached to an aromatic ring is 1. The number of hydrogen-bond acceptors (Lipinski definition) is 3. The van der Waals surface area contributed by atoms with Gasteiger partial charge in [-0.3, -0.25) is 9.78 Å². The van der Waals surface area contributed by atoms with Gasteiger partial charge in [0.05, 0.1) is 22.0 Å². The number of hydrogen-bond donors (Lipinski definition) is 1. The highest BCUT2D eigenvalue weighted by Gasteiger charge is 2.22. The number of ketones is 1. The van der Waals surface area contributed by atoms with Crippen LogP contribution in [0.1, 0.15) is 15.9 Å². The number of anilines is 1. The average Bonchev–Trinajstić information content (AvgIpc) is 2.55. The van der Waals surface area contributed by atoms with Gasteiger partial charge < -0.3 is 5.73 Å². The molecule has 0 aliphatic rings. The molecule has 3 aromatic rings. The molecule has 0 bridgehead atoms. The molecule has 0 saturated heterocycles. The van der Waals surface area contributed by atoms with Crippen LogP contribution in [0.25, 0.3) is 11.3 Å². The van der Waals surface area contributed by atoms with Crippen molar-refractivity contribution in [1.29, 1.82) is 0 Å². The summed E-state index contributed by atoms with van der Waals surface area (Å²) in [6, 6.07) is 7.91. The molecule has 0 amide bonds. The molecule has 2 N–H and O–H groups in total. The highest BCUT2D eigenvalue weighted by Crippen LogP contribution is 2.32. The second-order valence-corrected chi connectivity index (χ2v) is 5.58. The van der Waals surface area contributed by atoms with Crippen LogP contribution in [0, 0.1) is 17.5 Å². The van der Waals surface area contributed by atoms with Crippen LogP contribution in [0.3, 0.4) is 0 Å². The fraction of sp³-hybridized carbons (Fsp3) is 0. The minimum absolute atomic E-state index is 0.0147. The Kier molecular flexibility index (Phi) is 4.46. The lowest BCUT2D eigenvalue weighted by molar-refractivity contribution is 0.103. The number of nitrogens with two attached hydrogens (primary N) is 1. The predicted molar refractivity (Wildman–Crippen MR) is 88.8 cm³/mol. The van der Waals surface area contributed by atoms with Gasteiger partial charge in [0, 0.05) is 17.3 Å². The number of carbonyl (C=O) groups is 1. The Morgan fingerprint density at radius 1 is 1.00 bits per heavy atom. The third-order valence-corrected chi connectivity index (χ3v) is 3.92. The molecular formula is C18H10ClF3N2O. The van der Waals surface area contributed by atoms with E-state index in [1.165, 1.54) is 24.4 Å². The Morgan fingerprint density at radius 2 is 1.68 bits per heavy atom. The van der Waals surface area contributed by atoms with Gasteiger partial charge in [0.25, 0.3) is 0 Å². The third kappa shape index (κ3) is 3.08. The molecule has 0 aliphatic carbocycles. The van der Waals surface area contributed by atoms with Crippen molar-refractivity contribution in [3.8, 4) is 11.3 Å². The highest BCUT2D eigenvalue weighted by atomic mass is 35.5. The van der Waals surface area contributed by atoms with E-state index < -0.39 is 28.8 Å². The Labute approximate surface area is 145 Å². The lowest BCUT2D eigenvalue weighted by atomic mass is 9.99. The first-order valence-electron chi connectivity index (χ1n) is 7.08. The van der Waals surface area contributed by atoms with Gasteiger partial charge in [-0.25, -0.2) is 13.2 Å². The van der Waals surface area contributed by atoms with Gasteiger partial charge in [-0.1, -0.05) is 17.7 Å². The first kappa shape index (κ1) is 17.0. The van der Waals surface area contributed by atoms with E-state index >= 15 is 0 Å². The quantitative estimate of drug-likeness (QED) is 0.691. The Bertz CT molecular complexity index is 972. The summed E-state index contributed by atoms with van der Waals surface area (Å²) in [5.74, 6) is -2.92. The number of benzene rings is 2. The number of rotatable bonds is 3. The van der Waals surface area contributed by atoms with Crippen molar-refractivity contribution in [2.45, 2.75) is 0 Å². The molecule has 0 spiro atoms. The van der Waals surface area contributed by atoms with Crippen LogP contribution in [-0.2, 0) is 0 Å². The fourth-order valence-corrected chi connectivity index (χ4v) is 2.67. The van der Waals surface area contributed by atoms with Crippen molar-refractivity contribution in [3.63, 3.8) is 0 Å². The van der Waals surface area contributed by atoms with Crippen LogP contribution >= 0.6 is 11.6 Å². The van der Waals surface area contributed by atoms with E-state index in [9.17, 15) is 18.0 Å². The average molecular weight is 363 g/mol. The molecule has 1 aromatic heterocycles. The van der Waals surface area contributed by atoms with Gasteiger partial charge in [-0.15, -0.1) is 0 Å². The second kappa shape index (κ2) is 6.57. The van der Waals surface area contributed by atoms with Crippen molar-refractivity contribution in [2.24, 2.45) is 0 Å². The van der Waals surface area contributed by atoms with Crippen molar-refractivity contribution >= 4 is 23.1 Å². The zero-order chi connectivity index (χ0) is 18.1. The smallest absolute Gasteiger partial charge is 0.196 e. The van der Waals surface area contributed by atoms with Crippen LogP contribution < -0.4 is 5.73 Å². The molecule has 0 aliphatic heterocycles. The maximum absolute atomic E-state index is 14.0. The van der Waals surface area contributed by atoms with E-state index in [1.807, 2.05) is 0 Å². The van der Waals surface area contributed by atoms with Crippen molar-refractivity contribution < 1.29 is 18.0 Å². The van der Waals surface area contributed by atoms with E-state index in [-0.39, 0.29) is 27.5 Å². The largest absolute Gasteiger partial charge is 0.396 e. The van der Waals surface area contributed by atoms with E-state index in [2.05, 4.69) is 4.98 Å². The molecule has 2 aromatic carbocycles. The molecule has 25 heavy (non-hydrogen) atoms. The molecule has 0 saturated carbocycles. The van der Waals surface area contributed by atoms with Gasteiger partial charge in [0.1, 0.15) is 17.5 Å². The molecule has 3 rings (SSSR count). The normalized spacial score (nSPS) is 10.7. The van der Waals surface area contributed by atoms with Crippen LogP contribution in [-0.4, -0.2) is 10.8 Å². The first-order valence-corrected chi connectivity index (χ1v) is 7.46. The molecule has 0 radical (unpaired) electrons. The summed E-state index contributed by atoms with van der Waals surface area (Å²) in [5.41, 5.74) is 5.09. The summed E-state index contributed by atoms with van der Waals surface area (Å²) in [5, 5.41) is -0.0974. The van der Waals surface area contributed by atoms with Crippen LogP contribution in [0.5, 0.6) is 0 Å². The number of pyridine rings is 1. The predicted octanol–water partition coefficient (Wildman–Crippen LogP) is 4.63. The summed E-state index contributed by atoms with van der Waals surface area (Å²) in [6.07, 6.45) is 1.21. The molecule has 0 unspecified atom stereocenters. The van der Waals surface area contributed by atoms with Gasteiger partial charge in [-0.05, 0) is 36.4 Å². The van der Waals surface area contributed by atoms with Crippen LogP contribution in [0.2, 0.25) is 5.02 Å². The Balaban J connectivity index is 2.15.